The molecule has 0 bridgehead atoms. The van der Waals surface area contributed by atoms with Crippen LogP contribution in [-0.2, 0) is 5.41 Å². The Bertz CT molecular complexity index is 3140. The summed E-state index contributed by atoms with van der Waals surface area (Å²) >= 11 is 0. The van der Waals surface area contributed by atoms with Crippen molar-refractivity contribution in [3.8, 4) is 55.6 Å². The van der Waals surface area contributed by atoms with Crippen LogP contribution in [0.4, 0.5) is 17.1 Å². The third-order valence-corrected chi connectivity index (χ3v) is 12.8. The lowest BCUT2D eigenvalue weighted by Crippen LogP contribution is -2.26. The van der Waals surface area contributed by atoms with Gasteiger partial charge in [-0.05, 0) is 126 Å². The first kappa shape index (κ1) is 34.3. The van der Waals surface area contributed by atoms with Crippen LogP contribution < -0.4 is 4.90 Å². The Morgan fingerprint density at radius 3 is 1.53 bits per heavy atom. The number of rotatable bonds is 6. The van der Waals surface area contributed by atoms with Crippen LogP contribution in [0.25, 0.3) is 66.4 Å². The molecule has 0 aliphatic heterocycles. The predicted octanol–water partition coefficient (Wildman–Crippen LogP) is 15.0. The molecule has 0 amide bonds. The third kappa shape index (κ3) is 5.11. The Morgan fingerprint density at radius 2 is 0.883 bits per heavy atom. The van der Waals surface area contributed by atoms with E-state index < -0.39 is 5.41 Å². The van der Waals surface area contributed by atoms with Crippen LogP contribution in [0.3, 0.4) is 0 Å². The monoisotopic (exact) mass is 762 g/mol. The van der Waals surface area contributed by atoms with Crippen molar-refractivity contribution in [2.24, 2.45) is 0 Å². The number of pyridine rings is 1. The molecule has 2 heteroatoms. The average Bonchev–Trinajstić information content (AvgIpc) is 3.80. The predicted molar refractivity (Wildman–Crippen MR) is 249 cm³/mol. The second kappa shape index (κ2) is 13.7. The average molecular weight is 763 g/mol. The molecule has 1 atom stereocenters. The van der Waals surface area contributed by atoms with Crippen molar-refractivity contribution in [1.82, 2.24) is 4.98 Å². The Kier molecular flexibility index (Phi) is 7.79. The summed E-state index contributed by atoms with van der Waals surface area (Å²) in [6.07, 6.45) is 3.85. The van der Waals surface area contributed by atoms with E-state index in [9.17, 15) is 0 Å². The first-order chi connectivity index (χ1) is 29.8. The highest BCUT2D eigenvalue weighted by Crippen LogP contribution is 2.65. The van der Waals surface area contributed by atoms with Gasteiger partial charge in [0.1, 0.15) is 0 Å². The quantitative estimate of drug-likeness (QED) is 0.168. The number of nitrogens with zero attached hydrogens (tertiary/aromatic N) is 2. The van der Waals surface area contributed by atoms with Crippen molar-refractivity contribution in [2.75, 3.05) is 4.90 Å². The highest BCUT2D eigenvalue weighted by atomic mass is 15.1. The highest BCUT2D eigenvalue weighted by Gasteiger charge is 2.52. The van der Waals surface area contributed by atoms with E-state index in [2.05, 4.69) is 222 Å². The molecule has 0 fully saturated rings. The molecule has 0 saturated heterocycles. The van der Waals surface area contributed by atoms with Crippen molar-refractivity contribution >= 4 is 27.8 Å². The van der Waals surface area contributed by atoms with Gasteiger partial charge in [0.2, 0.25) is 0 Å². The molecule has 0 saturated carbocycles. The Balaban J connectivity index is 1.06. The maximum atomic E-state index is 4.54. The smallest absolute Gasteiger partial charge is 0.0731 e. The van der Waals surface area contributed by atoms with Gasteiger partial charge in [-0.2, -0.15) is 0 Å². The van der Waals surface area contributed by atoms with Gasteiger partial charge in [0.15, 0.2) is 0 Å². The van der Waals surface area contributed by atoms with E-state index in [0.29, 0.717) is 0 Å². The van der Waals surface area contributed by atoms with Crippen LogP contribution in [0.5, 0.6) is 0 Å². The molecule has 2 aliphatic carbocycles. The summed E-state index contributed by atoms with van der Waals surface area (Å²) in [5.41, 5.74) is 20.5. The molecule has 2 aliphatic rings. The van der Waals surface area contributed by atoms with Gasteiger partial charge in [0.05, 0.1) is 5.41 Å². The van der Waals surface area contributed by atoms with E-state index >= 15 is 0 Å². The molecule has 0 radical (unpaired) electrons. The van der Waals surface area contributed by atoms with E-state index in [0.717, 1.165) is 22.6 Å². The van der Waals surface area contributed by atoms with E-state index in [1.807, 2.05) is 18.5 Å². The summed E-state index contributed by atoms with van der Waals surface area (Å²) in [6, 6.07) is 80.2. The molecule has 2 nitrogen and oxygen atoms in total. The topological polar surface area (TPSA) is 16.1 Å². The minimum Gasteiger partial charge on any atom is -0.310 e. The van der Waals surface area contributed by atoms with Gasteiger partial charge in [-0.3, -0.25) is 4.98 Å². The molecule has 1 heterocycles. The van der Waals surface area contributed by atoms with Gasteiger partial charge in [0, 0.05) is 35.0 Å². The van der Waals surface area contributed by atoms with Gasteiger partial charge in [0.25, 0.3) is 0 Å². The van der Waals surface area contributed by atoms with Crippen LogP contribution in [0.1, 0.15) is 22.3 Å². The number of benzene rings is 9. The van der Waals surface area contributed by atoms with Crippen LogP contribution in [0, 0.1) is 0 Å². The Labute approximate surface area is 350 Å². The van der Waals surface area contributed by atoms with Gasteiger partial charge in [-0.25, -0.2) is 0 Å². The summed E-state index contributed by atoms with van der Waals surface area (Å²) in [4.78, 5) is 6.93. The lowest BCUT2D eigenvalue weighted by Gasteiger charge is -2.32. The highest BCUT2D eigenvalue weighted by molar-refractivity contribution is 6.06. The number of aromatic nitrogens is 1. The maximum absolute atomic E-state index is 4.54. The summed E-state index contributed by atoms with van der Waals surface area (Å²) in [7, 11) is 0. The SMILES string of the molecule is c1ccc(-c2ccc(N(c3ccc(-c4ccccc4)cc3)c3ccc4c5c(ccc4c3)-c3ccccc3C53c4ccccc4-c4c(-c5cccnc5)cccc43)cc2)cc1. The fourth-order valence-electron chi connectivity index (χ4n) is 10.2. The molecule has 1 unspecified atom stereocenters. The van der Waals surface area contributed by atoms with Crippen molar-refractivity contribution < 1.29 is 0 Å². The van der Waals surface area contributed by atoms with E-state index in [1.165, 1.54) is 83.1 Å². The van der Waals surface area contributed by atoms with Gasteiger partial charge in [-0.15, -0.1) is 0 Å². The summed E-state index contributed by atoms with van der Waals surface area (Å²) < 4.78 is 0. The van der Waals surface area contributed by atoms with Gasteiger partial charge < -0.3 is 4.90 Å². The summed E-state index contributed by atoms with van der Waals surface area (Å²) in [5.74, 6) is 0. The molecule has 280 valence electrons. The first-order valence-electron chi connectivity index (χ1n) is 20.7. The standard InChI is InChI=1S/C58H38N2/c1-3-13-39(14-4-1)41-24-29-45(30-25-41)60(46-31-26-42(27-32-46)40-15-5-2-6-16-40)47-33-35-49-43(37-47)28-34-51-50-18-7-9-21-53(50)58(57(49)51)54-22-10-8-19-52(54)56-48(20-11-23-55(56)58)44-17-12-36-59-38-44/h1-38H. The normalized spacial score (nSPS) is 14.4. The molecule has 1 spiro atoms. The largest absolute Gasteiger partial charge is 0.310 e. The molecular weight excluding hydrogens is 725 g/mol. The maximum Gasteiger partial charge on any atom is 0.0731 e. The lowest BCUT2D eigenvalue weighted by molar-refractivity contribution is 0.801. The van der Waals surface area contributed by atoms with Crippen molar-refractivity contribution in [1.29, 1.82) is 0 Å². The van der Waals surface area contributed by atoms with Crippen molar-refractivity contribution in [3.05, 3.63) is 253 Å². The fourth-order valence-corrected chi connectivity index (χ4v) is 10.2. The zero-order valence-electron chi connectivity index (χ0n) is 32.8. The van der Waals surface area contributed by atoms with E-state index in [1.54, 1.807) is 0 Å². The summed E-state index contributed by atoms with van der Waals surface area (Å²) in [5, 5.41) is 2.47. The summed E-state index contributed by atoms with van der Waals surface area (Å²) in [6.45, 7) is 0. The minimum atomic E-state index is -0.489. The van der Waals surface area contributed by atoms with Crippen LogP contribution in [0.15, 0.2) is 231 Å². The van der Waals surface area contributed by atoms with Crippen molar-refractivity contribution in [3.63, 3.8) is 0 Å². The molecule has 10 aromatic rings. The number of fused-ring (bicyclic) bond motifs is 12. The van der Waals surface area contributed by atoms with Crippen molar-refractivity contribution in [2.45, 2.75) is 5.41 Å². The third-order valence-electron chi connectivity index (χ3n) is 12.8. The van der Waals surface area contributed by atoms with E-state index in [4.69, 9.17) is 0 Å². The fraction of sp³-hybridized carbons (Fsp3) is 0.0172. The van der Waals surface area contributed by atoms with E-state index in [-0.39, 0.29) is 0 Å². The second-order valence-corrected chi connectivity index (χ2v) is 15.9. The number of hydrogen-bond acceptors (Lipinski definition) is 2. The molecule has 60 heavy (non-hydrogen) atoms. The molecule has 12 rings (SSSR count). The molecule has 1 aromatic heterocycles. The molecular formula is C58H38N2. The Morgan fingerprint density at radius 1 is 0.350 bits per heavy atom. The van der Waals surface area contributed by atoms with Gasteiger partial charge >= 0.3 is 0 Å². The zero-order valence-corrected chi connectivity index (χ0v) is 32.8. The minimum absolute atomic E-state index is 0.489. The van der Waals surface area contributed by atoms with Crippen LogP contribution >= 0.6 is 0 Å². The number of anilines is 3. The molecule has 9 aromatic carbocycles. The second-order valence-electron chi connectivity index (χ2n) is 15.9. The lowest BCUT2D eigenvalue weighted by atomic mass is 9.69. The van der Waals surface area contributed by atoms with Crippen LogP contribution in [-0.4, -0.2) is 4.98 Å². The van der Waals surface area contributed by atoms with Crippen LogP contribution in [0.2, 0.25) is 0 Å². The Hall–Kier alpha value is -7.81. The van der Waals surface area contributed by atoms with Gasteiger partial charge in [-0.1, -0.05) is 176 Å². The first-order valence-corrected chi connectivity index (χ1v) is 20.7. The number of hydrogen-bond donors (Lipinski definition) is 0. The zero-order chi connectivity index (χ0) is 39.6. The molecule has 0 N–H and O–H groups in total.